The predicted molar refractivity (Wildman–Crippen MR) is 115 cm³/mol. The third kappa shape index (κ3) is 5.70. The van der Waals surface area contributed by atoms with Crippen LogP contribution in [0.2, 0.25) is 0 Å². The van der Waals surface area contributed by atoms with Crippen molar-refractivity contribution in [3.63, 3.8) is 0 Å². The summed E-state index contributed by atoms with van der Waals surface area (Å²) < 4.78 is 35.4. The highest BCUT2D eigenvalue weighted by Crippen LogP contribution is 2.35. The number of rotatable bonds is 9. The van der Waals surface area contributed by atoms with Gasteiger partial charge in [-0.1, -0.05) is 13.8 Å². The summed E-state index contributed by atoms with van der Waals surface area (Å²) in [4.78, 5) is 11.1. The molecule has 0 unspecified atom stereocenters. The number of hydrogen-bond donors (Lipinski definition) is 1. The number of anilines is 1. The zero-order chi connectivity index (χ0) is 20.9. The Kier molecular flexibility index (Phi) is 7.13. The van der Waals surface area contributed by atoms with Crippen molar-refractivity contribution in [3.8, 4) is 11.5 Å². The van der Waals surface area contributed by atoms with E-state index in [9.17, 15) is 8.42 Å². The first kappa shape index (κ1) is 21.6. The zero-order valence-corrected chi connectivity index (χ0v) is 18.2. The van der Waals surface area contributed by atoms with E-state index in [4.69, 9.17) is 9.47 Å². The van der Waals surface area contributed by atoms with Gasteiger partial charge in [-0.25, -0.2) is 18.4 Å². The number of sulfone groups is 1. The summed E-state index contributed by atoms with van der Waals surface area (Å²) in [6, 6.07) is 3.74. The average Bonchev–Trinajstić information content (AvgIpc) is 2.69. The summed E-state index contributed by atoms with van der Waals surface area (Å²) in [5.74, 6) is 2.50. The lowest BCUT2D eigenvalue weighted by Gasteiger charge is -2.29. The molecule has 0 aliphatic carbocycles. The standard InChI is InChI=1S/C20H30N4O4S/c1-15(2)13-29(25,26)10-4-9-28-19-12-17-16(11-18(19)27-3)20(23-14-22-17)24-7-5-21-6-8-24/h11-12,14-15,21H,4-10,13H2,1-3H3. The lowest BCUT2D eigenvalue weighted by Crippen LogP contribution is -2.44. The van der Waals surface area contributed by atoms with Crippen LogP contribution in [0.3, 0.4) is 0 Å². The topological polar surface area (TPSA) is 93.7 Å². The van der Waals surface area contributed by atoms with Crippen LogP contribution in [0.15, 0.2) is 18.5 Å². The van der Waals surface area contributed by atoms with Gasteiger partial charge < -0.3 is 19.7 Å². The average molecular weight is 423 g/mol. The van der Waals surface area contributed by atoms with Gasteiger partial charge in [-0.2, -0.15) is 0 Å². The summed E-state index contributed by atoms with van der Waals surface area (Å²) in [6.07, 6.45) is 2.00. The fourth-order valence-electron chi connectivity index (χ4n) is 3.50. The fourth-order valence-corrected chi connectivity index (χ4v) is 5.24. The second-order valence-corrected chi connectivity index (χ2v) is 9.89. The summed E-state index contributed by atoms with van der Waals surface area (Å²) in [6.45, 7) is 7.73. The first-order valence-electron chi connectivity index (χ1n) is 10.0. The van der Waals surface area contributed by atoms with E-state index in [0.717, 1.165) is 42.9 Å². The van der Waals surface area contributed by atoms with E-state index in [1.165, 1.54) is 0 Å². The van der Waals surface area contributed by atoms with E-state index in [1.807, 2.05) is 26.0 Å². The van der Waals surface area contributed by atoms with Gasteiger partial charge in [-0.05, 0) is 18.4 Å². The molecule has 0 bridgehead atoms. The predicted octanol–water partition coefficient (Wildman–Crippen LogP) is 1.89. The van der Waals surface area contributed by atoms with E-state index in [-0.39, 0.29) is 17.4 Å². The quantitative estimate of drug-likeness (QED) is 0.613. The molecule has 0 spiro atoms. The van der Waals surface area contributed by atoms with Crippen molar-refractivity contribution >= 4 is 26.6 Å². The van der Waals surface area contributed by atoms with Crippen molar-refractivity contribution in [1.82, 2.24) is 15.3 Å². The second-order valence-electron chi connectivity index (χ2n) is 7.66. The lowest BCUT2D eigenvalue weighted by molar-refractivity contribution is 0.295. The van der Waals surface area contributed by atoms with Gasteiger partial charge in [-0.3, -0.25) is 0 Å². The molecule has 1 fully saturated rings. The van der Waals surface area contributed by atoms with Crippen LogP contribution in [0, 0.1) is 5.92 Å². The van der Waals surface area contributed by atoms with Crippen LogP contribution in [0.5, 0.6) is 11.5 Å². The molecule has 0 amide bonds. The molecule has 0 atom stereocenters. The maximum absolute atomic E-state index is 12.0. The third-order valence-electron chi connectivity index (χ3n) is 4.76. The molecule has 3 rings (SSSR count). The minimum atomic E-state index is -3.05. The number of hydrogen-bond acceptors (Lipinski definition) is 8. The number of methoxy groups -OCH3 is 1. The molecule has 1 aromatic heterocycles. The monoisotopic (exact) mass is 422 g/mol. The fraction of sp³-hybridized carbons (Fsp3) is 0.600. The Morgan fingerprint density at radius 1 is 1.17 bits per heavy atom. The highest BCUT2D eigenvalue weighted by molar-refractivity contribution is 7.91. The molecule has 0 saturated carbocycles. The van der Waals surface area contributed by atoms with Crippen LogP contribution < -0.4 is 19.7 Å². The minimum Gasteiger partial charge on any atom is -0.493 e. The van der Waals surface area contributed by atoms with E-state index >= 15 is 0 Å². The molecule has 2 aromatic rings. The van der Waals surface area contributed by atoms with Gasteiger partial charge in [0, 0.05) is 37.6 Å². The Labute approximate surface area is 172 Å². The molecule has 160 valence electrons. The molecular weight excluding hydrogens is 392 g/mol. The number of ether oxygens (including phenoxy) is 2. The largest absolute Gasteiger partial charge is 0.493 e. The van der Waals surface area contributed by atoms with Gasteiger partial charge in [0.1, 0.15) is 12.1 Å². The SMILES string of the molecule is COc1cc2c(N3CCNCC3)ncnc2cc1OCCCS(=O)(=O)CC(C)C. The van der Waals surface area contributed by atoms with E-state index in [2.05, 4.69) is 20.2 Å². The van der Waals surface area contributed by atoms with Crippen LogP contribution in [0.25, 0.3) is 10.9 Å². The normalized spacial score (nSPS) is 15.1. The van der Waals surface area contributed by atoms with Gasteiger partial charge in [0.05, 0.1) is 30.7 Å². The molecule has 1 saturated heterocycles. The van der Waals surface area contributed by atoms with E-state index in [1.54, 1.807) is 13.4 Å². The number of aromatic nitrogens is 2. The molecule has 1 N–H and O–H groups in total. The number of benzene rings is 1. The van der Waals surface area contributed by atoms with Crippen molar-refractivity contribution in [2.75, 3.05) is 56.3 Å². The molecule has 29 heavy (non-hydrogen) atoms. The Balaban J connectivity index is 1.73. The number of piperazine rings is 1. The Morgan fingerprint density at radius 3 is 2.62 bits per heavy atom. The van der Waals surface area contributed by atoms with Gasteiger partial charge in [-0.15, -0.1) is 0 Å². The third-order valence-corrected chi connectivity index (χ3v) is 6.85. The van der Waals surface area contributed by atoms with Crippen molar-refractivity contribution < 1.29 is 17.9 Å². The van der Waals surface area contributed by atoms with Crippen molar-refractivity contribution in [3.05, 3.63) is 18.5 Å². The van der Waals surface area contributed by atoms with Gasteiger partial charge >= 0.3 is 0 Å². The molecular formula is C20H30N4O4S. The van der Waals surface area contributed by atoms with Gasteiger partial charge in [0.2, 0.25) is 0 Å². The second kappa shape index (κ2) is 9.58. The van der Waals surface area contributed by atoms with Crippen molar-refractivity contribution in [1.29, 1.82) is 0 Å². The van der Waals surface area contributed by atoms with Gasteiger partial charge in [0.25, 0.3) is 0 Å². The lowest BCUT2D eigenvalue weighted by atomic mass is 10.2. The van der Waals surface area contributed by atoms with Crippen LogP contribution in [0.4, 0.5) is 5.82 Å². The number of nitrogens with one attached hydrogen (secondary N) is 1. The van der Waals surface area contributed by atoms with Gasteiger partial charge in [0.15, 0.2) is 21.3 Å². The molecule has 2 heterocycles. The van der Waals surface area contributed by atoms with E-state index in [0.29, 0.717) is 24.5 Å². The Bertz CT molecular complexity index is 927. The summed E-state index contributed by atoms with van der Waals surface area (Å²) >= 11 is 0. The van der Waals surface area contributed by atoms with Crippen LogP contribution in [-0.4, -0.2) is 69.8 Å². The molecule has 8 nitrogen and oxygen atoms in total. The van der Waals surface area contributed by atoms with E-state index < -0.39 is 9.84 Å². The Hall–Kier alpha value is -2.13. The molecule has 0 radical (unpaired) electrons. The molecule has 9 heteroatoms. The molecule has 1 aromatic carbocycles. The minimum absolute atomic E-state index is 0.121. The van der Waals surface area contributed by atoms with Crippen molar-refractivity contribution in [2.45, 2.75) is 20.3 Å². The van der Waals surface area contributed by atoms with Crippen LogP contribution in [0.1, 0.15) is 20.3 Å². The highest BCUT2D eigenvalue weighted by Gasteiger charge is 2.18. The zero-order valence-electron chi connectivity index (χ0n) is 17.3. The summed E-state index contributed by atoms with van der Waals surface area (Å²) in [5.41, 5.74) is 0.775. The number of nitrogens with zero attached hydrogens (tertiary/aromatic N) is 3. The van der Waals surface area contributed by atoms with Crippen LogP contribution >= 0.6 is 0 Å². The smallest absolute Gasteiger partial charge is 0.163 e. The maximum atomic E-state index is 12.0. The van der Waals surface area contributed by atoms with Crippen molar-refractivity contribution in [2.24, 2.45) is 5.92 Å². The maximum Gasteiger partial charge on any atom is 0.163 e. The highest BCUT2D eigenvalue weighted by atomic mass is 32.2. The van der Waals surface area contributed by atoms with Crippen LogP contribution in [-0.2, 0) is 9.84 Å². The summed E-state index contributed by atoms with van der Waals surface area (Å²) in [5, 5.41) is 4.26. The molecule has 1 aliphatic heterocycles. The molecule has 1 aliphatic rings. The first-order valence-corrected chi connectivity index (χ1v) is 11.8. The Morgan fingerprint density at radius 2 is 1.93 bits per heavy atom. The summed E-state index contributed by atoms with van der Waals surface area (Å²) in [7, 11) is -1.45. The first-order chi connectivity index (χ1) is 13.9. The number of fused-ring (bicyclic) bond motifs is 1.